The van der Waals surface area contributed by atoms with Crippen LogP contribution in [-0.2, 0) is 0 Å². The Morgan fingerprint density at radius 2 is 1.68 bits per heavy atom. The average Bonchev–Trinajstić information content (AvgIpc) is 2.48. The summed E-state index contributed by atoms with van der Waals surface area (Å²) in [4.78, 5) is 0. The molecule has 1 unspecified atom stereocenters. The Balaban J connectivity index is 1.67. The minimum atomic E-state index is -1.35. The van der Waals surface area contributed by atoms with Crippen molar-refractivity contribution in [3.05, 3.63) is 29.8 Å². The molecule has 0 amide bonds. The molecule has 0 spiro atoms. The predicted molar refractivity (Wildman–Crippen MR) is 99.2 cm³/mol. The Labute approximate surface area is 141 Å². The molecule has 3 atom stereocenters. The second-order valence-electron chi connectivity index (χ2n) is 8.67. The van der Waals surface area contributed by atoms with Gasteiger partial charge in [0, 0.05) is 10.9 Å². The van der Waals surface area contributed by atoms with Crippen LogP contribution < -0.4 is 5.19 Å². The lowest BCUT2D eigenvalue weighted by Gasteiger charge is -2.59. The molecule has 118 valence electrons. The Kier molecular flexibility index (Phi) is 4.21. The lowest BCUT2D eigenvalue weighted by Crippen LogP contribution is -2.52. The van der Waals surface area contributed by atoms with Crippen molar-refractivity contribution >= 4 is 24.9 Å². The molecule has 3 aliphatic carbocycles. The number of rotatable bonds is 3. The molecule has 0 radical (unpaired) electrons. The van der Waals surface area contributed by atoms with E-state index in [1.807, 2.05) is 0 Å². The molecule has 4 rings (SSSR count). The maximum absolute atomic E-state index is 5.48. The van der Waals surface area contributed by atoms with Gasteiger partial charge in [0.15, 0.2) is 0 Å². The molecule has 2 heteroatoms. The highest BCUT2D eigenvalue weighted by Gasteiger charge is 2.53. The van der Waals surface area contributed by atoms with E-state index >= 15 is 0 Å². The molecular weight excluding hydrogens is 304 g/mol. The third-order valence-corrected chi connectivity index (χ3v) is 10.2. The number of fused-ring (bicyclic) bond motifs is 2. The zero-order valence-electron chi connectivity index (χ0n) is 14.2. The van der Waals surface area contributed by atoms with Crippen LogP contribution in [0.3, 0.4) is 0 Å². The Hall–Kier alpha value is -0.713. The first-order chi connectivity index (χ1) is 10.3. The molecule has 1 aromatic carbocycles. The quantitative estimate of drug-likeness (QED) is 0.526. The van der Waals surface area contributed by atoms with Crippen molar-refractivity contribution < 1.29 is 0 Å². The van der Waals surface area contributed by atoms with E-state index in [0.29, 0.717) is 5.41 Å². The van der Waals surface area contributed by atoms with Gasteiger partial charge >= 0.3 is 0 Å². The van der Waals surface area contributed by atoms with Gasteiger partial charge in [-0.05, 0) is 72.1 Å². The molecule has 0 saturated heterocycles. The standard InChI is InChI=1S/C20H27ClSi/c1-20(2)17-11-16(12-18(20)13-17)14-22(3,4)19-7-5-15(6-8-19)9-10-21/h5-8,16-18H,11-14H2,1-4H3/t16?,17-,18+. The Morgan fingerprint density at radius 3 is 2.18 bits per heavy atom. The van der Waals surface area contributed by atoms with Crippen LogP contribution in [0.15, 0.2) is 24.3 Å². The molecule has 0 N–H and O–H groups in total. The van der Waals surface area contributed by atoms with Crippen molar-refractivity contribution in [1.29, 1.82) is 0 Å². The normalized spacial score (nSPS) is 29.2. The number of benzene rings is 1. The van der Waals surface area contributed by atoms with Crippen molar-refractivity contribution in [2.45, 2.75) is 52.2 Å². The summed E-state index contributed by atoms with van der Waals surface area (Å²) in [6, 6.07) is 10.3. The summed E-state index contributed by atoms with van der Waals surface area (Å²) in [5.41, 5.74) is 1.65. The van der Waals surface area contributed by atoms with E-state index < -0.39 is 8.07 Å². The third kappa shape index (κ3) is 2.88. The fraction of sp³-hybridized carbons (Fsp3) is 0.600. The lowest BCUT2D eigenvalue weighted by atomic mass is 9.47. The molecule has 0 nitrogen and oxygen atoms in total. The topological polar surface area (TPSA) is 0 Å². The van der Waals surface area contributed by atoms with Gasteiger partial charge in [-0.25, -0.2) is 0 Å². The highest BCUT2D eigenvalue weighted by atomic mass is 35.5. The number of halogens is 1. The summed E-state index contributed by atoms with van der Waals surface area (Å²) in [6.07, 6.45) is 4.43. The van der Waals surface area contributed by atoms with E-state index in [2.05, 4.69) is 62.5 Å². The van der Waals surface area contributed by atoms with E-state index in [1.54, 1.807) is 5.19 Å². The molecule has 0 heterocycles. The van der Waals surface area contributed by atoms with Crippen LogP contribution in [0.4, 0.5) is 0 Å². The van der Waals surface area contributed by atoms with E-state index in [-0.39, 0.29) is 0 Å². The van der Waals surface area contributed by atoms with Crippen molar-refractivity contribution in [1.82, 2.24) is 0 Å². The predicted octanol–water partition coefficient (Wildman–Crippen LogP) is 5.22. The SMILES string of the molecule is CC1(C)[C@@H]2CC(C[Si](C)(C)c3ccc(C#CCl)cc3)C[C@H]1C2. The Morgan fingerprint density at radius 1 is 1.09 bits per heavy atom. The van der Waals surface area contributed by atoms with Crippen LogP contribution in [0.2, 0.25) is 19.1 Å². The van der Waals surface area contributed by atoms with Crippen LogP contribution >= 0.6 is 11.6 Å². The molecule has 3 aliphatic rings. The summed E-state index contributed by atoms with van der Waals surface area (Å²) in [6.45, 7) is 10.0. The fourth-order valence-electron chi connectivity index (χ4n) is 4.89. The minimum absolute atomic E-state index is 0.629. The monoisotopic (exact) mass is 330 g/mol. The van der Waals surface area contributed by atoms with Crippen molar-refractivity contribution in [3.8, 4) is 11.3 Å². The maximum Gasteiger partial charge on any atom is 0.0809 e. The summed E-state index contributed by atoms with van der Waals surface area (Å²) in [5, 5.41) is 4.02. The van der Waals surface area contributed by atoms with Gasteiger partial charge in [0.2, 0.25) is 0 Å². The van der Waals surface area contributed by atoms with Gasteiger partial charge in [-0.2, -0.15) is 0 Å². The largest absolute Gasteiger partial charge is 0.0809 e. The summed E-state index contributed by atoms with van der Waals surface area (Å²) < 4.78 is 0. The first kappa shape index (κ1) is 16.2. The van der Waals surface area contributed by atoms with Crippen molar-refractivity contribution in [2.75, 3.05) is 0 Å². The van der Waals surface area contributed by atoms with Crippen LogP contribution in [0, 0.1) is 34.5 Å². The third-order valence-electron chi connectivity index (χ3n) is 6.57. The van der Waals surface area contributed by atoms with Gasteiger partial charge in [-0.15, -0.1) is 0 Å². The zero-order chi connectivity index (χ0) is 16.0. The van der Waals surface area contributed by atoms with Crippen LogP contribution in [0.5, 0.6) is 0 Å². The highest BCUT2D eigenvalue weighted by Crippen LogP contribution is 2.61. The summed E-state index contributed by atoms with van der Waals surface area (Å²) in [7, 11) is -1.35. The average molecular weight is 331 g/mol. The van der Waals surface area contributed by atoms with Gasteiger partial charge in [0.05, 0.1) is 8.07 Å². The molecular formula is C20H27ClSi. The van der Waals surface area contributed by atoms with Gasteiger partial charge in [-0.3, -0.25) is 0 Å². The number of hydrogen-bond donors (Lipinski definition) is 0. The second-order valence-corrected chi connectivity index (χ2v) is 13.6. The minimum Gasteiger partial charge on any atom is -0.0654 e. The fourth-order valence-corrected chi connectivity index (χ4v) is 8.08. The summed E-state index contributed by atoms with van der Waals surface area (Å²) in [5.74, 6) is 5.85. The first-order valence-corrected chi connectivity index (χ1v) is 12.1. The highest BCUT2D eigenvalue weighted by molar-refractivity contribution is 6.89. The van der Waals surface area contributed by atoms with Gasteiger partial charge in [0.1, 0.15) is 0 Å². The molecule has 3 fully saturated rings. The second kappa shape index (κ2) is 5.73. The van der Waals surface area contributed by atoms with Crippen LogP contribution in [-0.4, -0.2) is 8.07 Å². The van der Waals surface area contributed by atoms with Crippen molar-refractivity contribution in [2.24, 2.45) is 23.2 Å². The molecule has 3 saturated carbocycles. The summed E-state index contributed by atoms with van der Waals surface area (Å²) >= 11 is 5.48. The zero-order valence-corrected chi connectivity index (χ0v) is 16.0. The van der Waals surface area contributed by atoms with E-state index in [9.17, 15) is 0 Å². The Bertz CT molecular complexity index is 589. The van der Waals surface area contributed by atoms with Gasteiger partial charge in [0.25, 0.3) is 0 Å². The molecule has 22 heavy (non-hydrogen) atoms. The van der Waals surface area contributed by atoms with Crippen molar-refractivity contribution in [3.63, 3.8) is 0 Å². The molecule has 2 bridgehead atoms. The lowest BCUT2D eigenvalue weighted by molar-refractivity contribution is -0.0862. The van der Waals surface area contributed by atoms with E-state index in [1.165, 1.54) is 25.3 Å². The van der Waals surface area contributed by atoms with E-state index in [4.69, 9.17) is 11.6 Å². The van der Waals surface area contributed by atoms with Gasteiger partial charge in [-0.1, -0.05) is 50.3 Å². The molecule has 0 aliphatic heterocycles. The van der Waals surface area contributed by atoms with E-state index in [0.717, 1.165) is 23.3 Å². The number of hydrogen-bond acceptors (Lipinski definition) is 0. The molecule has 0 aromatic heterocycles. The van der Waals surface area contributed by atoms with Gasteiger partial charge < -0.3 is 0 Å². The molecule has 1 aromatic rings. The smallest absolute Gasteiger partial charge is 0.0654 e. The maximum atomic E-state index is 5.48. The van der Waals surface area contributed by atoms with Crippen LogP contribution in [0.25, 0.3) is 0 Å². The first-order valence-electron chi connectivity index (χ1n) is 8.55. The van der Waals surface area contributed by atoms with Crippen LogP contribution in [0.1, 0.15) is 38.7 Å².